The Bertz CT molecular complexity index is 1600. The van der Waals surface area contributed by atoms with Crippen LogP contribution in [0.5, 0.6) is 0 Å². The monoisotopic (exact) mass is 695 g/mol. The number of hydrogen-bond acceptors (Lipinski definition) is 7. The summed E-state index contributed by atoms with van der Waals surface area (Å²) in [6.45, 7) is 2.41. The smallest absolute Gasteiger partial charge is 0.392 e. The normalized spacial score (nSPS) is 24.4. The molecule has 2 N–H and O–H groups in total. The van der Waals surface area contributed by atoms with E-state index in [9.17, 15) is 27.9 Å². The first kappa shape index (κ1) is 36.0. The van der Waals surface area contributed by atoms with Gasteiger partial charge in [0.1, 0.15) is 6.04 Å². The predicted molar refractivity (Wildman–Crippen MR) is 179 cm³/mol. The number of ether oxygens (including phenoxy) is 3. The molecule has 2 amide bonds. The van der Waals surface area contributed by atoms with Gasteiger partial charge in [0.05, 0.1) is 25.4 Å². The summed E-state index contributed by atoms with van der Waals surface area (Å²) >= 11 is 0. The third-order valence-electron chi connectivity index (χ3n) is 9.93. The van der Waals surface area contributed by atoms with Crippen molar-refractivity contribution in [1.29, 1.82) is 0 Å². The molecule has 0 radical (unpaired) electrons. The molecule has 12 heteroatoms. The lowest BCUT2D eigenvalue weighted by Gasteiger charge is -2.38. The van der Waals surface area contributed by atoms with Crippen molar-refractivity contribution in [2.75, 3.05) is 33.4 Å². The Morgan fingerprint density at radius 3 is 2.38 bits per heavy atom. The van der Waals surface area contributed by atoms with E-state index >= 15 is 0 Å². The Hall–Kier alpha value is -3.81. The average Bonchev–Trinajstić information content (AvgIpc) is 3.80. The number of carbonyl (C=O) groups is 2. The second-order valence-electron chi connectivity index (χ2n) is 13.2. The highest BCUT2D eigenvalue weighted by Crippen LogP contribution is 2.39. The highest BCUT2D eigenvalue weighted by molar-refractivity contribution is 5.90. The topological polar surface area (TPSA) is 101 Å². The van der Waals surface area contributed by atoms with Crippen LogP contribution in [-0.4, -0.2) is 84.4 Å². The Morgan fingerprint density at radius 1 is 0.940 bits per heavy atom. The van der Waals surface area contributed by atoms with E-state index in [0.717, 1.165) is 59.3 Å². The summed E-state index contributed by atoms with van der Waals surface area (Å²) in [6, 6.07) is 22.4. The number of likely N-dealkylation sites (tertiary alicyclic amines) is 2. The number of rotatable bonds is 11. The van der Waals surface area contributed by atoms with E-state index in [-0.39, 0.29) is 38.3 Å². The highest BCUT2D eigenvalue weighted by Gasteiger charge is 2.47. The molecule has 3 aliphatic heterocycles. The summed E-state index contributed by atoms with van der Waals surface area (Å²) in [7, 11) is 1.73. The van der Waals surface area contributed by atoms with Crippen LogP contribution in [0.3, 0.4) is 0 Å². The molecule has 0 aromatic heterocycles. The fourth-order valence-corrected chi connectivity index (χ4v) is 7.33. The lowest BCUT2D eigenvalue weighted by atomic mass is 9.97. The maximum absolute atomic E-state index is 13.1. The van der Waals surface area contributed by atoms with Crippen molar-refractivity contribution in [3.8, 4) is 11.1 Å². The molecule has 0 spiro atoms. The van der Waals surface area contributed by atoms with Crippen molar-refractivity contribution in [2.45, 2.75) is 82.0 Å². The lowest BCUT2D eigenvalue weighted by molar-refractivity contribution is -0.253. The number of aliphatic hydroxyl groups excluding tert-OH is 1. The Labute approximate surface area is 290 Å². The quantitative estimate of drug-likeness (QED) is 0.267. The van der Waals surface area contributed by atoms with Gasteiger partial charge in [-0.05, 0) is 60.0 Å². The number of amides is 2. The molecule has 3 saturated heterocycles. The van der Waals surface area contributed by atoms with Crippen LogP contribution >= 0.6 is 0 Å². The van der Waals surface area contributed by atoms with Gasteiger partial charge < -0.3 is 29.5 Å². The Balaban J connectivity index is 1.16. The largest absolute Gasteiger partial charge is 0.471 e. The minimum absolute atomic E-state index is 0.0278. The van der Waals surface area contributed by atoms with Gasteiger partial charge in [0.2, 0.25) is 5.91 Å². The van der Waals surface area contributed by atoms with Crippen molar-refractivity contribution in [3.63, 3.8) is 0 Å². The van der Waals surface area contributed by atoms with Crippen LogP contribution in [0.4, 0.5) is 13.2 Å². The molecule has 0 unspecified atom stereocenters. The van der Waals surface area contributed by atoms with Crippen molar-refractivity contribution in [3.05, 3.63) is 95.1 Å². The van der Waals surface area contributed by atoms with Crippen LogP contribution in [0.2, 0.25) is 0 Å². The molecule has 3 heterocycles. The molecular formula is C38H44F3N3O6. The minimum Gasteiger partial charge on any atom is -0.392 e. The van der Waals surface area contributed by atoms with E-state index in [1.165, 1.54) is 0 Å². The van der Waals surface area contributed by atoms with Gasteiger partial charge in [0, 0.05) is 44.8 Å². The number of carbonyl (C=O) groups excluding carboxylic acids is 2. The SMILES string of the molecule is COC[C@@H]1CCCN1C[C@@H]1C[C@H](c2ccc(CO)cc2)O[C@H](c2ccc(-c3ccccc3CNC(=O)[C@@H]3CCCN3C(=O)C(F)(F)F)cc2)O1. The van der Waals surface area contributed by atoms with Crippen LogP contribution in [-0.2, 0) is 37.0 Å². The number of nitrogens with zero attached hydrogens (tertiary/aromatic N) is 2. The van der Waals surface area contributed by atoms with Crippen LogP contribution in [0.1, 0.15) is 66.8 Å². The second kappa shape index (κ2) is 16.0. The van der Waals surface area contributed by atoms with Crippen LogP contribution in [0.25, 0.3) is 11.1 Å². The van der Waals surface area contributed by atoms with Gasteiger partial charge in [0.25, 0.3) is 0 Å². The zero-order chi connectivity index (χ0) is 35.3. The van der Waals surface area contributed by atoms with E-state index in [1.807, 2.05) is 72.8 Å². The predicted octanol–water partition coefficient (Wildman–Crippen LogP) is 5.67. The number of benzene rings is 3. The maximum Gasteiger partial charge on any atom is 0.471 e. The van der Waals surface area contributed by atoms with Gasteiger partial charge in [-0.2, -0.15) is 13.2 Å². The van der Waals surface area contributed by atoms with Crippen molar-refractivity contribution >= 4 is 11.8 Å². The number of nitrogens with one attached hydrogen (secondary N) is 1. The van der Waals surface area contributed by atoms with Crippen LogP contribution in [0, 0.1) is 0 Å². The van der Waals surface area contributed by atoms with Gasteiger partial charge in [0.15, 0.2) is 6.29 Å². The summed E-state index contributed by atoms with van der Waals surface area (Å²) in [5, 5.41) is 12.3. The zero-order valence-electron chi connectivity index (χ0n) is 28.1. The molecule has 0 aliphatic carbocycles. The third-order valence-corrected chi connectivity index (χ3v) is 9.93. The average molecular weight is 696 g/mol. The first-order valence-electron chi connectivity index (χ1n) is 17.2. The van der Waals surface area contributed by atoms with E-state index in [1.54, 1.807) is 7.11 Å². The van der Waals surface area contributed by atoms with E-state index < -0.39 is 30.3 Å². The molecule has 50 heavy (non-hydrogen) atoms. The van der Waals surface area contributed by atoms with E-state index in [4.69, 9.17) is 14.2 Å². The van der Waals surface area contributed by atoms with E-state index in [0.29, 0.717) is 30.4 Å². The Morgan fingerprint density at radius 2 is 1.66 bits per heavy atom. The second-order valence-corrected chi connectivity index (χ2v) is 13.2. The number of aliphatic hydroxyl groups is 1. The van der Waals surface area contributed by atoms with Gasteiger partial charge in [-0.1, -0.05) is 72.8 Å². The lowest BCUT2D eigenvalue weighted by Crippen LogP contribution is -2.50. The molecule has 5 atom stereocenters. The molecule has 9 nitrogen and oxygen atoms in total. The third kappa shape index (κ3) is 8.38. The fourth-order valence-electron chi connectivity index (χ4n) is 7.33. The standard InChI is InChI=1S/C38H44F3N3O6/c1-48-24-30-7-4-18-43(30)22-31-20-34(27-12-10-25(23-45)11-13-27)50-36(49-31)28-16-14-26(15-17-28)32-8-3-2-6-29(32)21-42-35(46)33-9-5-19-44(33)37(47)38(39,40)41/h2-3,6,8,10-17,30-31,33-34,36,45H,4-5,7,9,18-24H2,1H3,(H,42,46)/t30-,31-,33-,34+,36+/m0/s1. The summed E-state index contributed by atoms with van der Waals surface area (Å²) < 4.78 is 57.9. The van der Waals surface area contributed by atoms with Crippen LogP contribution < -0.4 is 5.32 Å². The first-order chi connectivity index (χ1) is 24.1. The van der Waals surface area contributed by atoms with Crippen LogP contribution in [0.15, 0.2) is 72.8 Å². The summed E-state index contributed by atoms with van der Waals surface area (Å²) in [5.41, 5.74) is 5.24. The molecule has 3 aromatic carbocycles. The molecule has 268 valence electrons. The zero-order valence-corrected chi connectivity index (χ0v) is 28.1. The molecule has 3 aliphatic rings. The Kier molecular flexibility index (Phi) is 11.5. The molecule has 3 aromatic rings. The molecular weight excluding hydrogens is 651 g/mol. The fraction of sp³-hybridized carbons (Fsp3) is 0.474. The van der Waals surface area contributed by atoms with Gasteiger partial charge in [-0.25, -0.2) is 0 Å². The number of alkyl halides is 3. The van der Waals surface area contributed by atoms with Crippen molar-refractivity contribution in [2.24, 2.45) is 0 Å². The summed E-state index contributed by atoms with van der Waals surface area (Å²) in [5.74, 6) is -2.58. The molecule has 0 bridgehead atoms. The first-order valence-corrected chi connectivity index (χ1v) is 17.2. The number of methoxy groups -OCH3 is 1. The molecule has 0 saturated carbocycles. The van der Waals surface area contributed by atoms with Gasteiger partial charge >= 0.3 is 12.1 Å². The van der Waals surface area contributed by atoms with Gasteiger partial charge in [-0.15, -0.1) is 0 Å². The molecule has 3 fully saturated rings. The van der Waals surface area contributed by atoms with Crippen molar-refractivity contribution in [1.82, 2.24) is 15.1 Å². The summed E-state index contributed by atoms with van der Waals surface area (Å²) in [4.78, 5) is 27.9. The van der Waals surface area contributed by atoms with E-state index in [2.05, 4.69) is 10.2 Å². The minimum atomic E-state index is -5.02. The highest BCUT2D eigenvalue weighted by atomic mass is 19.4. The summed E-state index contributed by atoms with van der Waals surface area (Å²) in [6.07, 6.45) is -2.51. The molecule has 6 rings (SSSR count). The van der Waals surface area contributed by atoms with Gasteiger partial charge in [-0.3, -0.25) is 14.5 Å². The number of halogens is 3. The number of hydrogen-bond donors (Lipinski definition) is 2. The van der Waals surface area contributed by atoms with Crippen molar-refractivity contribution < 1.29 is 42.1 Å². The maximum atomic E-state index is 13.1.